The largest absolute Gasteiger partial charge is 0.480 e. The first-order chi connectivity index (χ1) is 9.82. The van der Waals surface area contributed by atoms with E-state index in [4.69, 9.17) is 5.11 Å². The summed E-state index contributed by atoms with van der Waals surface area (Å²) in [6, 6.07) is 7.82. The Labute approximate surface area is 130 Å². The number of carboxylic acids is 1. The molecule has 0 aliphatic heterocycles. The topological polar surface area (TPSA) is 66.4 Å². The number of rotatable bonds is 7. The highest BCUT2D eigenvalue weighted by molar-refractivity contribution is 8.01. The van der Waals surface area contributed by atoms with Gasteiger partial charge in [0.2, 0.25) is 5.91 Å². The van der Waals surface area contributed by atoms with Crippen molar-refractivity contribution in [2.45, 2.75) is 39.0 Å². The van der Waals surface area contributed by atoms with E-state index in [2.05, 4.69) is 5.32 Å². The summed E-state index contributed by atoms with van der Waals surface area (Å²) < 4.78 is 0. The van der Waals surface area contributed by atoms with Crippen molar-refractivity contribution in [3.63, 3.8) is 0 Å². The quantitative estimate of drug-likeness (QED) is 0.812. The number of carbonyl (C=O) groups is 2. The lowest BCUT2D eigenvalue weighted by Crippen LogP contribution is -2.31. The lowest BCUT2D eigenvalue weighted by atomic mass is 10.0. The van der Waals surface area contributed by atoms with E-state index in [1.807, 2.05) is 52.0 Å². The van der Waals surface area contributed by atoms with Gasteiger partial charge >= 0.3 is 5.97 Å². The molecule has 1 aromatic carbocycles. The number of aryl methyl sites for hydroxylation is 1. The summed E-state index contributed by atoms with van der Waals surface area (Å²) in [4.78, 5) is 23.1. The lowest BCUT2D eigenvalue weighted by Gasteiger charge is -2.18. The average Bonchev–Trinajstić information content (AvgIpc) is 2.38. The second-order valence-electron chi connectivity index (χ2n) is 5.46. The van der Waals surface area contributed by atoms with Gasteiger partial charge in [-0.15, -0.1) is 11.8 Å². The number of hydrogen-bond acceptors (Lipinski definition) is 3. The molecular weight excluding hydrogens is 286 g/mol. The molecule has 0 bridgehead atoms. The van der Waals surface area contributed by atoms with E-state index in [1.54, 1.807) is 0 Å². The van der Waals surface area contributed by atoms with Gasteiger partial charge < -0.3 is 10.4 Å². The number of benzene rings is 1. The number of amides is 1. The predicted octanol–water partition coefficient (Wildman–Crippen LogP) is 3.01. The Morgan fingerprint density at radius 1 is 1.24 bits per heavy atom. The molecule has 0 fully saturated rings. The van der Waals surface area contributed by atoms with Gasteiger partial charge in [-0.2, -0.15) is 0 Å². The third-order valence-electron chi connectivity index (χ3n) is 3.28. The summed E-state index contributed by atoms with van der Waals surface area (Å²) in [5, 5.41) is 11.5. The molecule has 4 nitrogen and oxygen atoms in total. The van der Waals surface area contributed by atoms with Crippen LogP contribution in [0, 0.1) is 12.8 Å². The molecule has 0 saturated heterocycles. The van der Waals surface area contributed by atoms with Crippen LogP contribution in [0.2, 0.25) is 0 Å². The Morgan fingerprint density at radius 2 is 1.86 bits per heavy atom. The molecule has 0 saturated carbocycles. The highest BCUT2D eigenvalue weighted by Crippen LogP contribution is 2.21. The van der Waals surface area contributed by atoms with E-state index in [0.717, 1.165) is 11.1 Å². The molecule has 5 heteroatoms. The van der Waals surface area contributed by atoms with E-state index >= 15 is 0 Å². The van der Waals surface area contributed by atoms with Gasteiger partial charge in [0, 0.05) is 0 Å². The lowest BCUT2D eigenvalue weighted by molar-refractivity contribution is -0.137. The third-order valence-corrected chi connectivity index (χ3v) is 4.81. The van der Waals surface area contributed by atoms with Crippen LogP contribution in [-0.2, 0) is 9.59 Å². The molecule has 0 aliphatic carbocycles. The zero-order valence-corrected chi connectivity index (χ0v) is 13.7. The maximum atomic E-state index is 12.0. The van der Waals surface area contributed by atoms with Crippen molar-refractivity contribution in [2.75, 3.05) is 5.75 Å². The van der Waals surface area contributed by atoms with Gasteiger partial charge in [0.05, 0.1) is 11.8 Å². The molecule has 0 aliphatic rings. The van der Waals surface area contributed by atoms with Crippen molar-refractivity contribution in [1.29, 1.82) is 0 Å². The van der Waals surface area contributed by atoms with Crippen LogP contribution >= 0.6 is 11.8 Å². The molecule has 2 N–H and O–H groups in total. The summed E-state index contributed by atoms with van der Waals surface area (Å²) in [6.07, 6.45) is 0. The van der Waals surface area contributed by atoms with Gasteiger partial charge in [-0.05, 0) is 30.9 Å². The molecular formula is C16H23NO3S. The van der Waals surface area contributed by atoms with Gasteiger partial charge in [0.1, 0.15) is 5.25 Å². The molecule has 21 heavy (non-hydrogen) atoms. The molecule has 116 valence electrons. The third kappa shape index (κ3) is 5.42. The van der Waals surface area contributed by atoms with Gasteiger partial charge in [0.15, 0.2) is 0 Å². The number of thioether (sulfide) groups is 1. The van der Waals surface area contributed by atoms with Gasteiger partial charge in [0.25, 0.3) is 0 Å². The first kappa shape index (κ1) is 17.6. The molecule has 0 aromatic heterocycles. The van der Waals surface area contributed by atoms with Crippen LogP contribution in [0.5, 0.6) is 0 Å². The molecule has 1 aromatic rings. The number of nitrogens with one attached hydrogen (secondary N) is 1. The van der Waals surface area contributed by atoms with Crippen LogP contribution in [0.1, 0.15) is 37.9 Å². The minimum absolute atomic E-state index is 0.00547. The standard InChI is InChI=1S/C16H23NO3S/c1-10(2)15(16(19)20)21-9-14(18)17-12(4)13-8-6-5-7-11(13)3/h5-8,10,12,15H,9H2,1-4H3,(H,17,18)(H,19,20). The van der Waals surface area contributed by atoms with Crippen LogP contribution in [0.3, 0.4) is 0 Å². The summed E-state index contributed by atoms with van der Waals surface area (Å²) in [7, 11) is 0. The fourth-order valence-corrected chi connectivity index (χ4v) is 3.09. The summed E-state index contributed by atoms with van der Waals surface area (Å²) in [5.74, 6) is -0.850. The molecule has 0 radical (unpaired) electrons. The summed E-state index contributed by atoms with van der Waals surface area (Å²) >= 11 is 1.18. The van der Waals surface area contributed by atoms with Crippen molar-refractivity contribution in [3.05, 3.63) is 35.4 Å². The van der Waals surface area contributed by atoms with Crippen molar-refractivity contribution in [2.24, 2.45) is 5.92 Å². The van der Waals surface area contributed by atoms with Crippen molar-refractivity contribution < 1.29 is 14.7 Å². The van der Waals surface area contributed by atoms with Crippen LogP contribution < -0.4 is 5.32 Å². The van der Waals surface area contributed by atoms with Crippen LogP contribution in [0.15, 0.2) is 24.3 Å². The van der Waals surface area contributed by atoms with Crippen molar-refractivity contribution in [3.8, 4) is 0 Å². The van der Waals surface area contributed by atoms with Gasteiger partial charge in [-0.1, -0.05) is 38.1 Å². The zero-order chi connectivity index (χ0) is 16.0. The minimum Gasteiger partial charge on any atom is -0.480 e. The number of aliphatic carboxylic acids is 1. The monoisotopic (exact) mass is 309 g/mol. The maximum Gasteiger partial charge on any atom is 0.316 e. The molecule has 2 atom stereocenters. The van der Waals surface area contributed by atoms with Crippen molar-refractivity contribution >= 4 is 23.6 Å². The second-order valence-corrected chi connectivity index (χ2v) is 6.59. The predicted molar refractivity (Wildman–Crippen MR) is 86.5 cm³/mol. The number of carboxylic acid groups (broad SMARTS) is 1. The van der Waals surface area contributed by atoms with Gasteiger partial charge in [-0.25, -0.2) is 0 Å². The first-order valence-electron chi connectivity index (χ1n) is 7.02. The average molecular weight is 309 g/mol. The van der Waals surface area contributed by atoms with Crippen LogP contribution in [0.25, 0.3) is 0 Å². The fourth-order valence-electron chi connectivity index (χ4n) is 2.15. The van der Waals surface area contributed by atoms with E-state index < -0.39 is 11.2 Å². The Bertz CT molecular complexity index is 502. The molecule has 0 heterocycles. The van der Waals surface area contributed by atoms with E-state index in [0.29, 0.717) is 0 Å². The molecule has 2 unspecified atom stereocenters. The zero-order valence-electron chi connectivity index (χ0n) is 12.9. The second kappa shape index (κ2) is 8.08. The van der Waals surface area contributed by atoms with E-state index in [-0.39, 0.29) is 23.6 Å². The summed E-state index contributed by atoms with van der Waals surface area (Å²) in [6.45, 7) is 7.63. The normalized spacial score (nSPS) is 13.8. The van der Waals surface area contributed by atoms with Crippen molar-refractivity contribution in [1.82, 2.24) is 5.32 Å². The Hall–Kier alpha value is -1.49. The number of carbonyl (C=O) groups excluding carboxylic acids is 1. The highest BCUT2D eigenvalue weighted by atomic mass is 32.2. The molecule has 0 spiro atoms. The molecule has 1 rings (SSSR count). The minimum atomic E-state index is -0.866. The van der Waals surface area contributed by atoms with Crippen LogP contribution in [-0.4, -0.2) is 28.0 Å². The highest BCUT2D eigenvalue weighted by Gasteiger charge is 2.23. The number of hydrogen-bond donors (Lipinski definition) is 2. The Balaban J connectivity index is 2.54. The van der Waals surface area contributed by atoms with E-state index in [9.17, 15) is 9.59 Å². The van der Waals surface area contributed by atoms with E-state index in [1.165, 1.54) is 11.8 Å². The Morgan fingerprint density at radius 3 is 2.38 bits per heavy atom. The fraction of sp³-hybridized carbons (Fsp3) is 0.500. The smallest absolute Gasteiger partial charge is 0.316 e. The Kier molecular flexibility index (Phi) is 6.75. The van der Waals surface area contributed by atoms with Gasteiger partial charge in [-0.3, -0.25) is 9.59 Å². The maximum absolute atomic E-state index is 12.0. The van der Waals surface area contributed by atoms with Crippen LogP contribution in [0.4, 0.5) is 0 Å². The SMILES string of the molecule is Cc1ccccc1C(C)NC(=O)CSC(C(=O)O)C(C)C. The molecule has 1 amide bonds. The summed E-state index contributed by atoms with van der Waals surface area (Å²) in [5.41, 5.74) is 2.21. The first-order valence-corrected chi connectivity index (χ1v) is 8.07.